The summed E-state index contributed by atoms with van der Waals surface area (Å²) < 4.78 is 13.8. The lowest BCUT2D eigenvalue weighted by Crippen LogP contribution is -2.56. The number of anilines is 1. The summed E-state index contributed by atoms with van der Waals surface area (Å²) in [5, 5.41) is 3.28. The van der Waals surface area contributed by atoms with E-state index in [9.17, 15) is 9.18 Å². The highest BCUT2D eigenvalue weighted by Crippen LogP contribution is 2.37. The van der Waals surface area contributed by atoms with Crippen LogP contribution in [0, 0.1) is 5.82 Å². The Morgan fingerprint density at radius 3 is 2.54 bits per heavy atom. The fourth-order valence-corrected chi connectivity index (χ4v) is 4.26. The van der Waals surface area contributed by atoms with Crippen molar-refractivity contribution in [3.8, 4) is 0 Å². The van der Waals surface area contributed by atoms with Gasteiger partial charge in [-0.1, -0.05) is 41.9 Å². The van der Waals surface area contributed by atoms with E-state index in [1.807, 2.05) is 23.1 Å². The zero-order valence-corrected chi connectivity index (χ0v) is 15.2. The predicted molar refractivity (Wildman–Crippen MR) is 101 cm³/mol. The molecule has 2 aliphatic rings. The molecule has 0 radical (unpaired) electrons. The van der Waals surface area contributed by atoms with Crippen molar-refractivity contribution in [3.63, 3.8) is 0 Å². The Morgan fingerprint density at radius 1 is 1.12 bits per heavy atom. The first-order valence-electron chi connectivity index (χ1n) is 8.85. The van der Waals surface area contributed by atoms with E-state index >= 15 is 0 Å². The number of nitrogens with one attached hydrogen (secondary N) is 1. The molecule has 6 heteroatoms. The summed E-state index contributed by atoms with van der Waals surface area (Å²) in [5.74, 6) is -0.360. The van der Waals surface area contributed by atoms with Crippen LogP contribution in [-0.2, 0) is 11.3 Å². The van der Waals surface area contributed by atoms with Crippen molar-refractivity contribution in [1.29, 1.82) is 0 Å². The summed E-state index contributed by atoms with van der Waals surface area (Å²) in [5.41, 5.74) is 1.31. The molecule has 1 amide bonds. The second-order valence-corrected chi connectivity index (χ2v) is 7.45. The number of amides is 1. The Hall–Kier alpha value is -2.11. The van der Waals surface area contributed by atoms with Crippen molar-refractivity contribution in [3.05, 3.63) is 64.9 Å². The Bertz CT molecular complexity index is 786. The number of carbonyl (C=O) groups is 1. The lowest BCUT2D eigenvalue weighted by molar-refractivity contribution is -0.125. The molecule has 136 valence electrons. The van der Waals surface area contributed by atoms with Gasteiger partial charge in [-0.05, 0) is 36.6 Å². The van der Waals surface area contributed by atoms with E-state index in [0.717, 1.165) is 19.6 Å². The average molecular weight is 374 g/mol. The van der Waals surface area contributed by atoms with Gasteiger partial charge in [0.1, 0.15) is 11.4 Å². The van der Waals surface area contributed by atoms with E-state index < -0.39 is 5.54 Å². The van der Waals surface area contributed by atoms with Crippen LogP contribution in [-0.4, -0.2) is 36.1 Å². The molecule has 1 N–H and O–H groups in total. The van der Waals surface area contributed by atoms with Gasteiger partial charge in [-0.3, -0.25) is 9.69 Å². The maximum absolute atomic E-state index is 13.8. The number of piperidine rings is 1. The Labute approximate surface area is 157 Å². The van der Waals surface area contributed by atoms with Crippen LogP contribution in [0.5, 0.6) is 0 Å². The Kier molecular flexibility index (Phi) is 4.59. The van der Waals surface area contributed by atoms with E-state index in [-0.39, 0.29) is 11.7 Å². The largest absolute Gasteiger partial charge is 0.339 e. The predicted octanol–water partition coefficient (Wildman–Crippen LogP) is 3.41. The van der Waals surface area contributed by atoms with Gasteiger partial charge in [-0.15, -0.1) is 0 Å². The molecule has 2 aliphatic heterocycles. The van der Waals surface area contributed by atoms with Gasteiger partial charge in [-0.2, -0.15) is 0 Å². The quantitative estimate of drug-likeness (QED) is 0.895. The van der Waals surface area contributed by atoms with Crippen molar-refractivity contribution in [2.24, 2.45) is 0 Å². The highest BCUT2D eigenvalue weighted by Gasteiger charge is 2.50. The van der Waals surface area contributed by atoms with Gasteiger partial charge in [0.05, 0.1) is 6.67 Å². The molecule has 2 saturated heterocycles. The molecule has 0 aliphatic carbocycles. The van der Waals surface area contributed by atoms with Crippen molar-refractivity contribution in [2.45, 2.75) is 24.9 Å². The standard InChI is InChI=1S/C20H21ClFN3O/c21-16-10-17(22)12-18(11-16)25-14-23-19(26)20(25)6-8-24(9-7-20)13-15-4-2-1-3-5-15/h1-5,10-12H,6-9,13-14H2,(H,23,26). The number of benzene rings is 2. The third kappa shape index (κ3) is 3.17. The smallest absolute Gasteiger partial charge is 0.247 e. The van der Waals surface area contributed by atoms with Crippen LogP contribution >= 0.6 is 11.6 Å². The molecular formula is C20H21ClFN3O. The van der Waals surface area contributed by atoms with Crippen LogP contribution in [0.1, 0.15) is 18.4 Å². The van der Waals surface area contributed by atoms with Crippen LogP contribution in [0.25, 0.3) is 0 Å². The molecule has 0 atom stereocenters. The molecule has 1 spiro atoms. The molecule has 0 aromatic heterocycles. The zero-order chi connectivity index (χ0) is 18.1. The summed E-state index contributed by atoms with van der Waals surface area (Å²) in [6.07, 6.45) is 1.42. The van der Waals surface area contributed by atoms with Gasteiger partial charge >= 0.3 is 0 Å². The van der Waals surface area contributed by atoms with Gasteiger partial charge in [0.25, 0.3) is 0 Å². The maximum Gasteiger partial charge on any atom is 0.247 e. The first-order chi connectivity index (χ1) is 12.6. The van der Waals surface area contributed by atoms with Crippen LogP contribution in [0.4, 0.5) is 10.1 Å². The highest BCUT2D eigenvalue weighted by atomic mass is 35.5. The summed E-state index contributed by atoms with van der Waals surface area (Å²) in [6.45, 7) is 2.91. The third-order valence-electron chi connectivity index (χ3n) is 5.43. The summed E-state index contributed by atoms with van der Waals surface area (Å²) in [7, 11) is 0. The van der Waals surface area contributed by atoms with Crippen LogP contribution < -0.4 is 10.2 Å². The molecule has 2 heterocycles. The number of likely N-dealkylation sites (tertiary alicyclic amines) is 1. The van der Waals surface area contributed by atoms with E-state index in [4.69, 9.17) is 11.6 Å². The molecule has 4 nitrogen and oxygen atoms in total. The van der Waals surface area contributed by atoms with Gasteiger partial charge in [0, 0.05) is 30.3 Å². The van der Waals surface area contributed by atoms with Gasteiger partial charge < -0.3 is 10.2 Å². The minimum atomic E-state index is -0.621. The summed E-state index contributed by atoms with van der Waals surface area (Å²) in [6, 6.07) is 14.8. The average Bonchev–Trinajstić information content (AvgIpc) is 2.93. The number of hydrogen-bond donors (Lipinski definition) is 1. The van der Waals surface area contributed by atoms with Crippen molar-refractivity contribution in [2.75, 3.05) is 24.7 Å². The van der Waals surface area contributed by atoms with E-state index in [1.54, 1.807) is 6.07 Å². The van der Waals surface area contributed by atoms with Gasteiger partial charge in [0.15, 0.2) is 0 Å². The fraction of sp³-hybridized carbons (Fsp3) is 0.350. The molecule has 0 bridgehead atoms. The molecule has 0 unspecified atom stereocenters. The van der Waals surface area contributed by atoms with Crippen molar-refractivity contribution >= 4 is 23.2 Å². The van der Waals surface area contributed by atoms with Gasteiger partial charge in [-0.25, -0.2) is 4.39 Å². The SMILES string of the molecule is O=C1NCN(c2cc(F)cc(Cl)c2)C12CCN(Cc1ccccc1)CC2. The summed E-state index contributed by atoms with van der Waals surface area (Å²) >= 11 is 6.03. The first-order valence-corrected chi connectivity index (χ1v) is 9.23. The number of rotatable bonds is 3. The Balaban J connectivity index is 1.52. The third-order valence-corrected chi connectivity index (χ3v) is 5.65. The lowest BCUT2D eigenvalue weighted by atomic mass is 9.85. The van der Waals surface area contributed by atoms with E-state index in [1.165, 1.54) is 17.7 Å². The highest BCUT2D eigenvalue weighted by molar-refractivity contribution is 6.30. The second kappa shape index (κ2) is 6.89. The van der Waals surface area contributed by atoms with Crippen LogP contribution in [0.15, 0.2) is 48.5 Å². The maximum atomic E-state index is 13.8. The normalized spacial score (nSPS) is 19.8. The number of halogens is 2. The van der Waals surface area contributed by atoms with Gasteiger partial charge in [0.2, 0.25) is 5.91 Å². The number of hydrogen-bond acceptors (Lipinski definition) is 3. The molecule has 4 rings (SSSR count). The monoisotopic (exact) mass is 373 g/mol. The first kappa shape index (κ1) is 17.3. The van der Waals surface area contributed by atoms with Crippen LogP contribution in [0.2, 0.25) is 5.02 Å². The zero-order valence-electron chi connectivity index (χ0n) is 14.4. The minimum Gasteiger partial charge on any atom is -0.339 e. The fourth-order valence-electron chi connectivity index (χ4n) is 4.04. The molecular weight excluding hydrogens is 353 g/mol. The molecule has 26 heavy (non-hydrogen) atoms. The molecule has 2 aromatic rings. The molecule has 2 fully saturated rings. The van der Waals surface area contributed by atoms with Crippen molar-refractivity contribution < 1.29 is 9.18 Å². The lowest BCUT2D eigenvalue weighted by Gasteiger charge is -2.43. The molecule has 2 aromatic carbocycles. The summed E-state index contributed by atoms with van der Waals surface area (Å²) in [4.78, 5) is 17.0. The van der Waals surface area contributed by atoms with E-state index in [0.29, 0.717) is 30.2 Å². The number of carbonyl (C=O) groups excluding carboxylic acids is 1. The van der Waals surface area contributed by atoms with Crippen molar-refractivity contribution in [1.82, 2.24) is 10.2 Å². The van der Waals surface area contributed by atoms with E-state index in [2.05, 4.69) is 22.3 Å². The Morgan fingerprint density at radius 2 is 1.85 bits per heavy atom. The number of nitrogens with zero attached hydrogens (tertiary/aromatic N) is 2. The van der Waals surface area contributed by atoms with Crippen LogP contribution in [0.3, 0.4) is 0 Å². The second-order valence-electron chi connectivity index (χ2n) is 7.01. The minimum absolute atomic E-state index is 0.0252. The molecule has 0 saturated carbocycles. The topological polar surface area (TPSA) is 35.6 Å².